The quantitative estimate of drug-likeness (QED) is 0.750. The smallest absolute Gasteiger partial charge is 0.325 e. The monoisotopic (exact) mass is 225 g/mol. The number of rotatable bonds is 3. The van der Waals surface area contributed by atoms with Crippen molar-refractivity contribution >= 4 is 5.97 Å². The highest BCUT2D eigenvalue weighted by Crippen LogP contribution is 2.21. The van der Waals surface area contributed by atoms with E-state index in [1.165, 1.54) is 6.39 Å². The third-order valence-corrected chi connectivity index (χ3v) is 3.02. The minimum absolute atomic E-state index is 0.356. The summed E-state index contributed by atoms with van der Waals surface area (Å²) >= 11 is 0. The molecule has 2 rings (SSSR count). The van der Waals surface area contributed by atoms with Crippen LogP contribution < -0.4 is 5.73 Å². The molecule has 1 atom stereocenters. The fourth-order valence-electron chi connectivity index (χ4n) is 1.92. The van der Waals surface area contributed by atoms with Crippen LogP contribution in [-0.4, -0.2) is 39.6 Å². The number of aromatic nitrogens is 1. The zero-order valence-corrected chi connectivity index (χ0v) is 9.14. The minimum atomic E-state index is -1.11. The van der Waals surface area contributed by atoms with Crippen LogP contribution in [0.5, 0.6) is 0 Å². The van der Waals surface area contributed by atoms with E-state index in [2.05, 4.69) is 4.98 Å². The molecule has 1 fully saturated rings. The van der Waals surface area contributed by atoms with E-state index < -0.39 is 11.5 Å². The molecule has 0 aromatic carbocycles. The molecule has 88 valence electrons. The Balaban J connectivity index is 2.00. The summed E-state index contributed by atoms with van der Waals surface area (Å²) in [4.78, 5) is 17.0. The van der Waals surface area contributed by atoms with E-state index in [1.54, 1.807) is 0 Å². The van der Waals surface area contributed by atoms with Crippen LogP contribution in [0.2, 0.25) is 0 Å². The zero-order chi connectivity index (χ0) is 11.8. The van der Waals surface area contributed by atoms with Gasteiger partial charge in [0.1, 0.15) is 11.3 Å². The van der Waals surface area contributed by atoms with Crippen molar-refractivity contribution < 1.29 is 14.3 Å². The number of nitrogens with zero attached hydrogens (tertiary/aromatic N) is 2. The van der Waals surface area contributed by atoms with Crippen molar-refractivity contribution in [3.05, 3.63) is 17.8 Å². The lowest BCUT2D eigenvalue weighted by Crippen LogP contribution is -2.50. The van der Waals surface area contributed by atoms with Crippen LogP contribution in [0, 0.1) is 6.92 Å². The van der Waals surface area contributed by atoms with Crippen molar-refractivity contribution in [2.75, 3.05) is 13.1 Å². The van der Waals surface area contributed by atoms with E-state index in [-0.39, 0.29) is 0 Å². The highest BCUT2D eigenvalue weighted by Gasteiger charge is 2.41. The molecule has 0 spiro atoms. The van der Waals surface area contributed by atoms with Crippen LogP contribution in [-0.2, 0) is 11.3 Å². The lowest BCUT2D eigenvalue weighted by atomic mass is 10.0. The van der Waals surface area contributed by atoms with Crippen molar-refractivity contribution in [1.82, 2.24) is 9.88 Å². The van der Waals surface area contributed by atoms with Crippen LogP contribution in [0.15, 0.2) is 10.8 Å². The zero-order valence-electron chi connectivity index (χ0n) is 9.14. The van der Waals surface area contributed by atoms with E-state index in [1.807, 2.05) is 11.8 Å². The van der Waals surface area contributed by atoms with Gasteiger partial charge in [-0.2, -0.15) is 0 Å². The summed E-state index contributed by atoms with van der Waals surface area (Å²) in [5.74, 6) is -0.170. The Bertz CT molecular complexity index is 404. The van der Waals surface area contributed by atoms with Crippen molar-refractivity contribution in [3.63, 3.8) is 0 Å². The fraction of sp³-hybridized carbons (Fsp3) is 0.600. The molecule has 1 saturated heterocycles. The molecule has 1 aliphatic rings. The molecule has 6 heteroatoms. The Morgan fingerprint density at radius 3 is 3.06 bits per heavy atom. The van der Waals surface area contributed by atoms with Gasteiger partial charge in [0, 0.05) is 19.6 Å². The molecule has 6 nitrogen and oxygen atoms in total. The van der Waals surface area contributed by atoms with E-state index >= 15 is 0 Å². The maximum Gasteiger partial charge on any atom is 0.325 e. The Morgan fingerprint density at radius 1 is 1.81 bits per heavy atom. The predicted octanol–water partition coefficient (Wildman–Crippen LogP) is -0.0292. The van der Waals surface area contributed by atoms with Gasteiger partial charge in [0.05, 0.1) is 5.69 Å². The van der Waals surface area contributed by atoms with Crippen molar-refractivity contribution in [1.29, 1.82) is 0 Å². The second-order valence-corrected chi connectivity index (χ2v) is 4.28. The van der Waals surface area contributed by atoms with Gasteiger partial charge in [0.15, 0.2) is 6.39 Å². The second-order valence-electron chi connectivity index (χ2n) is 4.28. The molecule has 16 heavy (non-hydrogen) atoms. The minimum Gasteiger partial charge on any atom is -0.480 e. The van der Waals surface area contributed by atoms with Gasteiger partial charge in [-0.3, -0.25) is 9.69 Å². The fourth-order valence-corrected chi connectivity index (χ4v) is 1.92. The summed E-state index contributed by atoms with van der Waals surface area (Å²) in [6.45, 7) is 3.46. The normalized spacial score (nSPS) is 26.1. The predicted molar refractivity (Wildman–Crippen MR) is 55.7 cm³/mol. The molecule has 0 bridgehead atoms. The first-order valence-corrected chi connectivity index (χ1v) is 5.15. The maximum absolute atomic E-state index is 11.0. The molecule has 1 aliphatic heterocycles. The lowest BCUT2D eigenvalue weighted by molar-refractivity contribution is -0.142. The summed E-state index contributed by atoms with van der Waals surface area (Å²) in [6.07, 6.45) is 1.87. The molecular weight excluding hydrogens is 210 g/mol. The van der Waals surface area contributed by atoms with Crippen LogP contribution in [0.25, 0.3) is 0 Å². The van der Waals surface area contributed by atoms with E-state index in [9.17, 15) is 4.79 Å². The van der Waals surface area contributed by atoms with Gasteiger partial charge in [-0.05, 0) is 13.3 Å². The van der Waals surface area contributed by atoms with Crippen LogP contribution in [0.1, 0.15) is 17.9 Å². The Hall–Kier alpha value is -1.40. The Labute approximate surface area is 93.0 Å². The van der Waals surface area contributed by atoms with Crippen molar-refractivity contribution in [3.8, 4) is 0 Å². The third kappa shape index (κ3) is 1.94. The molecule has 1 aromatic rings. The second kappa shape index (κ2) is 3.88. The average Bonchev–Trinajstić information content (AvgIpc) is 2.77. The Kier molecular flexibility index (Phi) is 2.69. The largest absolute Gasteiger partial charge is 0.480 e. The van der Waals surface area contributed by atoms with Gasteiger partial charge < -0.3 is 15.3 Å². The molecule has 1 unspecified atom stereocenters. The van der Waals surface area contributed by atoms with Crippen LogP contribution >= 0.6 is 0 Å². The highest BCUT2D eigenvalue weighted by atomic mass is 16.4. The lowest BCUT2D eigenvalue weighted by Gasteiger charge is -2.19. The average molecular weight is 225 g/mol. The first kappa shape index (κ1) is 11.1. The molecular formula is C10H15N3O3. The SMILES string of the molecule is Cc1ocnc1CN1CCC(N)(C(=O)O)C1. The summed E-state index contributed by atoms with van der Waals surface area (Å²) in [5, 5.41) is 8.99. The number of oxazole rings is 1. The number of aliphatic carboxylic acids is 1. The first-order chi connectivity index (χ1) is 7.51. The molecule has 3 N–H and O–H groups in total. The van der Waals surface area contributed by atoms with E-state index in [0.29, 0.717) is 26.1 Å². The number of hydrogen-bond acceptors (Lipinski definition) is 5. The molecule has 2 heterocycles. The standard InChI is InChI=1S/C10H15N3O3/c1-7-8(12-6-16-7)4-13-3-2-10(11,5-13)9(14)15/h6H,2-5,11H2,1H3,(H,14,15). The number of carboxylic acid groups (broad SMARTS) is 1. The maximum atomic E-state index is 11.0. The van der Waals surface area contributed by atoms with Gasteiger partial charge in [-0.15, -0.1) is 0 Å². The molecule has 1 aromatic heterocycles. The van der Waals surface area contributed by atoms with E-state index in [0.717, 1.165) is 11.5 Å². The number of nitrogens with two attached hydrogens (primary N) is 1. The molecule has 0 aliphatic carbocycles. The summed E-state index contributed by atoms with van der Waals surface area (Å²) in [6, 6.07) is 0. The van der Waals surface area contributed by atoms with E-state index in [4.69, 9.17) is 15.3 Å². The van der Waals surface area contributed by atoms with Gasteiger partial charge >= 0.3 is 5.97 Å². The van der Waals surface area contributed by atoms with Gasteiger partial charge in [0.2, 0.25) is 0 Å². The third-order valence-electron chi connectivity index (χ3n) is 3.02. The van der Waals surface area contributed by atoms with Crippen LogP contribution in [0.3, 0.4) is 0 Å². The number of carboxylic acids is 1. The molecule has 0 radical (unpaired) electrons. The topological polar surface area (TPSA) is 92.6 Å². The number of hydrogen-bond donors (Lipinski definition) is 2. The van der Waals surface area contributed by atoms with Crippen molar-refractivity contribution in [2.45, 2.75) is 25.4 Å². The van der Waals surface area contributed by atoms with Gasteiger partial charge in [-0.25, -0.2) is 4.98 Å². The van der Waals surface area contributed by atoms with Gasteiger partial charge in [0.25, 0.3) is 0 Å². The summed E-state index contributed by atoms with van der Waals surface area (Å²) in [5.41, 5.74) is 5.50. The number of carbonyl (C=O) groups is 1. The van der Waals surface area contributed by atoms with Crippen molar-refractivity contribution in [2.24, 2.45) is 5.73 Å². The summed E-state index contributed by atoms with van der Waals surface area (Å²) < 4.78 is 5.09. The molecule has 0 amide bonds. The first-order valence-electron chi connectivity index (χ1n) is 5.15. The highest BCUT2D eigenvalue weighted by molar-refractivity contribution is 5.79. The van der Waals surface area contributed by atoms with Crippen LogP contribution in [0.4, 0.5) is 0 Å². The number of likely N-dealkylation sites (tertiary alicyclic amines) is 1. The molecule has 0 saturated carbocycles. The Morgan fingerprint density at radius 2 is 2.56 bits per heavy atom. The number of aryl methyl sites for hydroxylation is 1. The summed E-state index contributed by atoms with van der Waals surface area (Å²) in [7, 11) is 0. The van der Waals surface area contributed by atoms with Gasteiger partial charge in [-0.1, -0.05) is 0 Å².